The molecule has 110 valence electrons. The van der Waals surface area contributed by atoms with Gasteiger partial charge in [0.25, 0.3) is 0 Å². The fraction of sp³-hybridized carbons (Fsp3) is 0.389. The zero-order valence-electron chi connectivity index (χ0n) is 12.6. The van der Waals surface area contributed by atoms with E-state index in [1.165, 1.54) is 24.0 Å². The van der Waals surface area contributed by atoms with Gasteiger partial charge in [-0.1, -0.05) is 12.1 Å². The van der Waals surface area contributed by atoms with Crippen LogP contribution in [0.4, 0.5) is 0 Å². The summed E-state index contributed by atoms with van der Waals surface area (Å²) < 4.78 is 5.21. The van der Waals surface area contributed by atoms with Crippen LogP contribution in [0.5, 0.6) is 5.75 Å². The maximum atomic E-state index is 5.21. The number of nitrogens with zero attached hydrogens (tertiary/aromatic N) is 1. The molecule has 0 radical (unpaired) electrons. The lowest BCUT2D eigenvalue weighted by molar-refractivity contribution is 0.270. The molecule has 0 spiro atoms. The highest BCUT2D eigenvalue weighted by atomic mass is 16.5. The first kappa shape index (κ1) is 14.1. The maximum absolute atomic E-state index is 5.21. The predicted octanol–water partition coefficient (Wildman–Crippen LogP) is 3.69. The molecule has 3 rings (SSSR count). The molecule has 1 fully saturated rings. The van der Waals surface area contributed by atoms with Crippen molar-refractivity contribution in [3.8, 4) is 5.75 Å². The molecule has 0 saturated heterocycles. The minimum atomic E-state index is 0.384. The third kappa shape index (κ3) is 3.24. The van der Waals surface area contributed by atoms with Gasteiger partial charge in [-0.25, -0.2) is 0 Å². The Morgan fingerprint density at radius 3 is 2.38 bits per heavy atom. The Kier molecular flexibility index (Phi) is 4.20. The Bertz CT molecular complexity index is 562. The number of benzene rings is 1. The summed E-state index contributed by atoms with van der Waals surface area (Å²) in [5.41, 5.74) is 2.73. The third-order valence-corrected chi connectivity index (χ3v) is 4.42. The van der Waals surface area contributed by atoms with Crippen molar-refractivity contribution in [2.75, 3.05) is 7.11 Å². The van der Waals surface area contributed by atoms with E-state index >= 15 is 0 Å². The Labute approximate surface area is 126 Å². The van der Waals surface area contributed by atoms with Crippen LogP contribution in [0.1, 0.15) is 42.9 Å². The molecule has 21 heavy (non-hydrogen) atoms. The van der Waals surface area contributed by atoms with Gasteiger partial charge in [-0.2, -0.15) is 0 Å². The summed E-state index contributed by atoms with van der Waals surface area (Å²) in [6.07, 6.45) is 6.13. The number of ether oxygens (including phenoxy) is 1. The lowest BCUT2D eigenvalue weighted by Crippen LogP contribution is -2.41. The minimum absolute atomic E-state index is 0.384. The summed E-state index contributed by atoms with van der Waals surface area (Å²) in [6, 6.07) is 13.6. The van der Waals surface area contributed by atoms with Gasteiger partial charge in [0, 0.05) is 24.5 Å². The zero-order valence-corrected chi connectivity index (χ0v) is 12.6. The van der Waals surface area contributed by atoms with Crippen molar-refractivity contribution in [3.63, 3.8) is 0 Å². The normalized spacial score (nSPS) is 22.4. The molecule has 1 atom stereocenters. The van der Waals surface area contributed by atoms with E-state index in [2.05, 4.69) is 53.6 Å². The standard InChI is InChI=1S/C18H22N2O/c1-13(14-7-9-19-10-8-14)20-17-11-16(12-17)15-3-5-18(21-2)6-4-15/h3-10,13,16-17,20H,11-12H2,1-2H3/t13-,16?,17?/m0/s1. The molecule has 3 heteroatoms. The van der Waals surface area contributed by atoms with E-state index < -0.39 is 0 Å². The van der Waals surface area contributed by atoms with Crippen LogP contribution in [0.25, 0.3) is 0 Å². The summed E-state index contributed by atoms with van der Waals surface area (Å²) in [5.74, 6) is 1.61. The summed E-state index contributed by atoms with van der Waals surface area (Å²) in [6.45, 7) is 2.22. The number of hydrogen-bond acceptors (Lipinski definition) is 3. The fourth-order valence-electron chi connectivity index (χ4n) is 3.00. The SMILES string of the molecule is COc1ccc(C2CC(N[C@@H](C)c3ccncc3)C2)cc1. The number of pyridine rings is 1. The maximum Gasteiger partial charge on any atom is 0.118 e. The average molecular weight is 282 g/mol. The van der Waals surface area contributed by atoms with E-state index in [0.29, 0.717) is 18.0 Å². The number of hydrogen-bond donors (Lipinski definition) is 1. The molecule has 1 aromatic heterocycles. The Hall–Kier alpha value is -1.87. The van der Waals surface area contributed by atoms with Crippen molar-refractivity contribution in [2.24, 2.45) is 0 Å². The van der Waals surface area contributed by atoms with Gasteiger partial charge in [0.05, 0.1) is 7.11 Å². The molecule has 1 aliphatic carbocycles. The molecule has 3 nitrogen and oxygen atoms in total. The van der Waals surface area contributed by atoms with Crippen LogP contribution in [0.15, 0.2) is 48.8 Å². The van der Waals surface area contributed by atoms with Crippen molar-refractivity contribution < 1.29 is 4.74 Å². The van der Waals surface area contributed by atoms with Gasteiger partial charge >= 0.3 is 0 Å². The van der Waals surface area contributed by atoms with Crippen molar-refractivity contribution in [1.82, 2.24) is 10.3 Å². The molecule has 1 heterocycles. The highest BCUT2D eigenvalue weighted by Crippen LogP contribution is 2.38. The Morgan fingerprint density at radius 1 is 1.10 bits per heavy atom. The van der Waals surface area contributed by atoms with Gasteiger partial charge in [0.2, 0.25) is 0 Å². The molecule has 1 aliphatic rings. The predicted molar refractivity (Wildman–Crippen MR) is 84.5 cm³/mol. The first-order chi connectivity index (χ1) is 10.3. The van der Waals surface area contributed by atoms with Crippen molar-refractivity contribution in [3.05, 3.63) is 59.9 Å². The lowest BCUT2D eigenvalue weighted by Gasteiger charge is -2.38. The molecule has 0 amide bonds. The third-order valence-electron chi connectivity index (χ3n) is 4.42. The van der Waals surface area contributed by atoms with Crippen LogP contribution >= 0.6 is 0 Å². The average Bonchev–Trinajstić information content (AvgIpc) is 2.51. The van der Waals surface area contributed by atoms with Gasteiger partial charge < -0.3 is 10.1 Å². The smallest absolute Gasteiger partial charge is 0.118 e. The highest BCUT2D eigenvalue weighted by molar-refractivity contribution is 5.31. The van der Waals surface area contributed by atoms with Gasteiger partial charge in [-0.3, -0.25) is 4.98 Å². The molecular weight excluding hydrogens is 260 g/mol. The first-order valence-corrected chi connectivity index (χ1v) is 7.56. The van der Waals surface area contributed by atoms with Crippen molar-refractivity contribution >= 4 is 0 Å². The van der Waals surface area contributed by atoms with E-state index in [-0.39, 0.29) is 0 Å². The van der Waals surface area contributed by atoms with Crippen LogP contribution in [0.3, 0.4) is 0 Å². The van der Waals surface area contributed by atoms with Gasteiger partial charge in [-0.05, 0) is 61.1 Å². The van der Waals surface area contributed by atoms with E-state index in [1.54, 1.807) is 7.11 Å². The largest absolute Gasteiger partial charge is 0.497 e. The molecular formula is C18H22N2O. The zero-order chi connectivity index (χ0) is 14.7. The lowest BCUT2D eigenvalue weighted by atomic mass is 9.75. The number of aromatic nitrogens is 1. The van der Waals surface area contributed by atoms with E-state index in [0.717, 1.165) is 5.75 Å². The van der Waals surface area contributed by atoms with Crippen LogP contribution in [-0.4, -0.2) is 18.1 Å². The minimum Gasteiger partial charge on any atom is -0.497 e. The summed E-state index contributed by atoms with van der Waals surface area (Å²) in [7, 11) is 1.71. The second-order valence-electron chi connectivity index (χ2n) is 5.81. The van der Waals surface area contributed by atoms with Crippen molar-refractivity contribution in [1.29, 1.82) is 0 Å². The second-order valence-corrected chi connectivity index (χ2v) is 5.81. The fourth-order valence-corrected chi connectivity index (χ4v) is 3.00. The topological polar surface area (TPSA) is 34.1 Å². The highest BCUT2D eigenvalue weighted by Gasteiger charge is 2.31. The molecule has 0 unspecified atom stereocenters. The van der Waals surface area contributed by atoms with Gasteiger partial charge in [0.1, 0.15) is 5.75 Å². The Balaban J connectivity index is 1.51. The van der Waals surface area contributed by atoms with Crippen LogP contribution in [0, 0.1) is 0 Å². The summed E-state index contributed by atoms with van der Waals surface area (Å²) in [4.78, 5) is 4.07. The van der Waals surface area contributed by atoms with Crippen LogP contribution < -0.4 is 10.1 Å². The molecule has 1 aromatic carbocycles. The van der Waals surface area contributed by atoms with Gasteiger partial charge in [-0.15, -0.1) is 0 Å². The van der Waals surface area contributed by atoms with E-state index in [1.807, 2.05) is 12.4 Å². The number of nitrogens with one attached hydrogen (secondary N) is 1. The van der Waals surface area contributed by atoms with Crippen LogP contribution in [-0.2, 0) is 0 Å². The molecule has 0 aliphatic heterocycles. The molecule has 2 aromatic rings. The Morgan fingerprint density at radius 2 is 1.76 bits per heavy atom. The summed E-state index contributed by atoms with van der Waals surface area (Å²) >= 11 is 0. The van der Waals surface area contributed by atoms with Crippen molar-refractivity contribution in [2.45, 2.75) is 37.8 Å². The molecule has 1 saturated carbocycles. The molecule has 0 bridgehead atoms. The van der Waals surface area contributed by atoms with Crippen LogP contribution in [0.2, 0.25) is 0 Å². The number of methoxy groups -OCH3 is 1. The summed E-state index contributed by atoms with van der Waals surface area (Å²) in [5, 5.41) is 3.70. The monoisotopic (exact) mass is 282 g/mol. The number of rotatable bonds is 5. The van der Waals surface area contributed by atoms with Gasteiger partial charge in [0.15, 0.2) is 0 Å². The second kappa shape index (κ2) is 6.27. The van der Waals surface area contributed by atoms with E-state index in [9.17, 15) is 0 Å². The first-order valence-electron chi connectivity index (χ1n) is 7.56. The molecule has 1 N–H and O–H groups in total. The quantitative estimate of drug-likeness (QED) is 0.908. The van der Waals surface area contributed by atoms with E-state index in [4.69, 9.17) is 4.74 Å².